The summed E-state index contributed by atoms with van der Waals surface area (Å²) in [4.78, 5) is 31.1. The Hall–Kier alpha value is -3.22. The molecule has 0 bridgehead atoms. The molecule has 2 aromatic rings. The van der Waals surface area contributed by atoms with E-state index in [9.17, 15) is 9.59 Å². The van der Waals surface area contributed by atoms with Gasteiger partial charge in [-0.1, -0.05) is 6.07 Å². The van der Waals surface area contributed by atoms with E-state index in [-0.39, 0.29) is 11.8 Å². The predicted molar refractivity (Wildman–Crippen MR) is 117 cm³/mol. The van der Waals surface area contributed by atoms with Gasteiger partial charge in [-0.25, -0.2) is 0 Å². The first-order valence-electron chi connectivity index (χ1n) is 9.98. The SMILES string of the molecule is COc1ccc(CC(=O)N2CCN(C(=O)c3ccc(N(C)C)cc3)CC2)cc1OC. The number of ether oxygens (including phenoxy) is 2. The molecule has 160 valence electrons. The van der Waals surface area contributed by atoms with Crippen LogP contribution in [0.1, 0.15) is 15.9 Å². The van der Waals surface area contributed by atoms with Crippen molar-refractivity contribution in [3.63, 3.8) is 0 Å². The van der Waals surface area contributed by atoms with Crippen LogP contribution in [-0.4, -0.2) is 76.1 Å². The highest BCUT2D eigenvalue weighted by atomic mass is 16.5. The predicted octanol–water partition coefficient (Wildman–Crippen LogP) is 2.30. The normalized spacial score (nSPS) is 13.7. The van der Waals surface area contributed by atoms with Gasteiger partial charge in [0.25, 0.3) is 5.91 Å². The fourth-order valence-electron chi connectivity index (χ4n) is 3.52. The molecule has 0 spiro atoms. The summed E-state index contributed by atoms with van der Waals surface area (Å²) in [5, 5.41) is 0. The molecule has 0 aliphatic carbocycles. The minimum Gasteiger partial charge on any atom is -0.493 e. The minimum absolute atomic E-state index is 0.00676. The van der Waals surface area contributed by atoms with Gasteiger partial charge in [-0.05, 0) is 42.0 Å². The molecule has 0 aromatic heterocycles. The smallest absolute Gasteiger partial charge is 0.253 e. The summed E-state index contributed by atoms with van der Waals surface area (Å²) in [5.74, 6) is 1.30. The van der Waals surface area contributed by atoms with Crippen molar-refractivity contribution in [3.8, 4) is 11.5 Å². The van der Waals surface area contributed by atoms with E-state index in [1.54, 1.807) is 20.3 Å². The van der Waals surface area contributed by atoms with Crippen molar-refractivity contribution >= 4 is 17.5 Å². The van der Waals surface area contributed by atoms with Crippen molar-refractivity contribution in [2.75, 3.05) is 59.4 Å². The molecular formula is C23H29N3O4. The second-order valence-corrected chi connectivity index (χ2v) is 7.48. The highest BCUT2D eigenvalue weighted by molar-refractivity contribution is 5.94. The van der Waals surface area contributed by atoms with Crippen molar-refractivity contribution in [1.29, 1.82) is 0 Å². The van der Waals surface area contributed by atoms with E-state index in [1.807, 2.05) is 65.2 Å². The van der Waals surface area contributed by atoms with Crippen LogP contribution in [0.3, 0.4) is 0 Å². The first-order chi connectivity index (χ1) is 14.4. The number of hydrogen-bond donors (Lipinski definition) is 0. The largest absolute Gasteiger partial charge is 0.493 e. The number of methoxy groups -OCH3 is 2. The van der Waals surface area contributed by atoms with Crippen molar-refractivity contribution < 1.29 is 19.1 Å². The van der Waals surface area contributed by atoms with Crippen LogP contribution in [0.4, 0.5) is 5.69 Å². The Kier molecular flexibility index (Phi) is 6.82. The average molecular weight is 412 g/mol. The molecule has 3 rings (SSSR count). The molecule has 0 N–H and O–H groups in total. The Bertz CT molecular complexity index is 888. The van der Waals surface area contributed by atoms with Gasteiger partial charge in [0, 0.05) is 51.5 Å². The highest BCUT2D eigenvalue weighted by Gasteiger charge is 2.25. The van der Waals surface area contributed by atoms with Crippen LogP contribution in [0.2, 0.25) is 0 Å². The summed E-state index contributed by atoms with van der Waals surface area (Å²) in [6, 6.07) is 13.1. The fourth-order valence-corrected chi connectivity index (χ4v) is 3.52. The number of carbonyl (C=O) groups is 2. The third-order valence-corrected chi connectivity index (χ3v) is 5.35. The van der Waals surface area contributed by atoms with Gasteiger partial charge in [0.2, 0.25) is 5.91 Å². The molecule has 1 fully saturated rings. The molecule has 7 heteroatoms. The Morgan fingerprint density at radius 3 is 2.03 bits per heavy atom. The Balaban J connectivity index is 1.55. The van der Waals surface area contributed by atoms with E-state index in [0.29, 0.717) is 49.7 Å². The lowest BCUT2D eigenvalue weighted by Crippen LogP contribution is -2.51. The second-order valence-electron chi connectivity index (χ2n) is 7.48. The zero-order chi connectivity index (χ0) is 21.7. The number of nitrogens with zero attached hydrogens (tertiary/aromatic N) is 3. The standard InChI is InChI=1S/C23H29N3O4/c1-24(2)19-8-6-18(7-9-19)23(28)26-13-11-25(12-14-26)22(27)16-17-5-10-20(29-3)21(15-17)30-4/h5-10,15H,11-14,16H2,1-4H3. The molecule has 1 aliphatic rings. The number of piperazine rings is 1. The van der Waals surface area contributed by atoms with E-state index in [0.717, 1.165) is 11.3 Å². The lowest BCUT2D eigenvalue weighted by atomic mass is 10.1. The maximum atomic E-state index is 12.8. The van der Waals surface area contributed by atoms with E-state index in [2.05, 4.69) is 0 Å². The summed E-state index contributed by atoms with van der Waals surface area (Å²) in [6.45, 7) is 2.14. The van der Waals surface area contributed by atoms with Crippen molar-refractivity contribution in [2.24, 2.45) is 0 Å². The molecule has 1 aliphatic heterocycles. The molecular weight excluding hydrogens is 382 g/mol. The van der Waals surface area contributed by atoms with E-state index < -0.39 is 0 Å². The number of rotatable bonds is 6. The summed E-state index contributed by atoms with van der Waals surface area (Å²) >= 11 is 0. The summed E-state index contributed by atoms with van der Waals surface area (Å²) in [6.07, 6.45) is 0.292. The van der Waals surface area contributed by atoms with Crippen molar-refractivity contribution in [1.82, 2.24) is 9.80 Å². The summed E-state index contributed by atoms with van der Waals surface area (Å²) in [5.41, 5.74) is 2.60. The maximum Gasteiger partial charge on any atom is 0.253 e. The van der Waals surface area contributed by atoms with Crippen LogP contribution in [0, 0.1) is 0 Å². The summed E-state index contributed by atoms with van der Waals surface area (Å²) in [7, 11) is 7.10. The molecule has 2 amide bonds. The van der Waals surface area contributed by atoms with Crippen LogP contribution >= 0.6 is 0 Å². The lowest BCUT2D eigenvalue weighted by Gasteiger charge is -2.35. The Labute approximate surface area is 177 Å². The van der Waals surface area contributed by atoms with E-state index in [1.165, 1.54) is 0 Å². The van der Waals surface area contributed by atoms with Gasteiger partial charge in [0.1, 0.15) is 0 Å². The van der Waals surface area contributed by atoms with Crippen LogP contribution < -0.4 is 14.4 Å². The molecule has 30 heavy (non-hydrogen) atoms. The van der Waals surface area contributed by atoms with Gasteiger partial charge in [-0.3, -0.25) is 9.59 Å². The molecule has 0 radical (unpaired) electrons. The van der Waals surface area contributed by atoms with Gasteiger partial charge >= 0.3 is 0 Å². The molecule has 0 saturated carbocycles. The molecule has 0 unspecified atom stereocenters. The molecule has 2 aromatic carbocycles. The summed E-state index contributed by atoms with van der Waals surface area (Å²) < 4.78 is 10.6. The first-order valence-corrected chi connectivity index (χ1v) is 9.98. The lowest BCUT2D eigenvalue weighted by molar-refractivity contribution is -0.131. The number of amides is 2. The number of carbonyl (C=O) groups excluding carboxylic acids is 2. The monoisotopic (exact) mass is 411 g/mol. The van der Waals surface area contributed by atoms with Gasteiger partial charge in [-0.15, -0.1) is 0 Å². The zero-order valence-corrected chi connectivity index (χ0v) is 18.1. The molecule has 7 nitrogen and oxygen atoms in total. The molecule has 0 atom stereocenters. The fraction of sp³-hybridized carbons (Fsp3) is 0.391. The molecule has 1 heterocycles. The van der Waals surface area contributed by atoms with Gasteiger partial charge < -0.3 is 24.2 Å². The van der Waals surface area contributed by atoms with Gasteiger partial charge in [-0.2, -0.15) is 0 Å². The van der Waals surface area contributed by atoms with Crippen molar-refractivity contribution in [2.45, 2.75) is 6.42 Å². The van der Waals surface area contributed by atoms with Crippen LogP contribution in [0.25, 0.3) is 0 Å². The number of anilines is 1. The van der Waals surface area contributed by atoms with Crippen LogP contribution in [-0.2, 0) is 11.2 Å². The van der Waals surface area contributed by atoms with Crippen LogP contribution in [0.15, 0.2) is 42.5 Å². The highest BCUT2D eigenvalue weighted by Crippen LogP contribution is 2.28. The third kappa shape index (κ3) is 4.84. The van der Waals surface area contributed by atoms with Crippen LogP contribution in [0.5, 0.6) is 11.5 Å². The Morgan fingerprint density at radius 2 is 1.47 bits per heavy atom. The van der Waals surface area contributed by atoms with E-state index in [4.69, 9.17) is 9.47 Å². The Morgan fingerprint density at radius 1 is 0.867 bits per heavy atom. The number of benzene rings is 2. The van der Waals surface area contributed by atoms with E-state index >= 15 is 0 Å². The topological polar surface area (TPSA) is 62.3 Å². The van der Waals surface area contributed by atoms with Gasteiger partial charge in [0.05, 0.1) is 20.6 Å². The quantitative estimate of drug-likeness (QED) is 0.730. The average Bonchev–Trinajstić information content (AvgIpc) is 2.78. The van der Waals surface area contributed by atoms with Gasteiger partial charge in [0.15, 0.2) is 11.5 Å². The van der Waals surface area contributed by atoms with Crippen molar-refractivity contribution in [3.05, 3.63) is 53.6 Å². The second kappa shape index (κ2) is 9.52. The number of hydrogen-bond acceptors (Lipinski definition) is 5. The minimum atomic E-state index is 0.00676. The third-order valence-electron chi connectivity index (χ3n) is 5.35. The molecule has 1 saturated heterocycles. The first kappa shape index (κ1) is 21.5. The zero-order valence-electron chi connectivity index (χ0n) is 18.1. The maximum absolute atomic E-state index is 12.8.